The molecule has 0 atom stereocenters. The smallest absolute Gasteiger partial charge is 0.341 e. The molecule has 0 aliphatic heterocycles. The van der Waals surface area contributed by atoms with Gasteiger partial charge in [-0.3, -0.25) is 4.79 Å². The molecule has 1 N–H and O–H groups in total. The van der Waals surface area contributed by atoms with Gasteiger partial charge in [0.2, 0.25) is 5.91 Å². The second kappa shape index (κ2) is 7.11. The molecule has 21 heavy (non-hydrogen) atoms. The molecule has 5 heteroatoms. The molecule has 1 amide bonds. The van der Waals surface area contributed by atoms with Crippen molar-refractivity contribution in [1.29, 1.82) is 0 Å². The molecular weight excluding hydrogens is 270 g/mol. The summed E-state index contributed by atoms with van der Waals surface area (Å²) in [7, 11) is 1.78. The Labute approximate surface area is 125 Å². The molecule has 0 heterocycles. The zero-order valence-corrected chi connectivity index (χ0v) is 13.0. The van der Waals surface area contributed by atoms with Crippen LogP contribution in [0.1, 0.15) is 32.8 Å². The average molecular weight is 293 g/mol. The molecule has 1 aromatic rings. The zero-order chi connectivity index (χ0) is 16.0. The summed E-state index contributed by atoms with van der Waals surface area (Å²) < 4.78 is 5.06. The van der Waals surface area contributed by atoms with Crippen molar-refractivity contribution in [2.45, 2.75) is 33.7 Å². The highest BCUT2D eigenvalue weighted by Gasteiger charge is 2.18. The molecule has 0 fully saturated rings. The summed E-state index contributed by atoms with van der Waals surface area (Å²) in [6, 6.07) is 7.08. The number of benzene rings is 1. The molecule has 0 aliphatic rings. The lowest BCUT2D eigenvalue weighted by molar-refractivity contribution is -0.139. The lowest BCUT2D eigenvalue weighted by atomic mass is 9.91. The number of ether oxygens (including phenoxy) is 1. The Morgan fingerprint density at radius 2 is 1.76 bits per heavy atom. The first kappa shape index (κ1) is 17.0. The summed E-state index contributed by atoms with van der Waals surface area (Å²) in [5.41, 5.74) is 0.947. The number of hydrogen-bond acceptors (Lipinski definition) is 3. The van der Waals surface area contributed by atoms with E-state index in [1.807, 2.05) is 32.9 Å². The second-order valence-corrected chi connectivity index (χ2v) is 6.31. The molecule has 0 radical (unpaired) electrons. The van der Waals surface area contributed by atoms with Crippen molar-refractivity contribution in [3.05, 3.63) is 29.8 Å². The molecule has 0 spiro atoms. The third kappa shape index (κ3) is 6.79. The molecule has 0 bridgehead atoms. The maximum absolute atomic E-state index is 12.0. The number of nitrogens with zero attached hydrogens (tertiary/aromatic N) is 1. The van der Waals surface area contributed by atoms with Crippen LogP contribution in [0.4, 0.5) is 0 Å². The maximum Gasteiger partial charge on any atom is 0.341 e. The largest absolute Gasteiger partial charge is 0.482 e. The van der Waals surface area contributed by atoms with Crippen molar-refractivity contribution in [1.82, 2.24) is 4.90 Å². The van der Waals surface area contributed by atoms with Crippen molar-refractivity contribution in [2.75, 3.05) is 13.7 Å². The van der Waals surface area contributed by atoms with Crippen molar-refractivity contribution in [3.8, 4) is 5.75 Å². The van der Waals surface area contributed by atoms with Crippen LogP contribution in [-0.4, -0.2) is 35.5 Å². The van der Waals surface area contributed by atoms with Crippen LogP contribution < -0.4 is 4.74 Å². The molecule has 0 saturated carbocycles. The standard InChI is InChI=1S/C16H23NO4/c1-16(2,3)9-14(18)17(4)10-12-5-7-13(8-6-12)21-11-15(19)20/h5-8H,9-11H2,1-4H3,(H,19,20). The highest BCUT2D eigenvalue weighted by molar-refractivity contribution is 5.76. The molecule has 0 unspecified atom stereocenters. The number of amides is 1. The van der Waals surface area contributed by atoms with Gasteiger partial charge in [-0.1, -0.05) is 32.9 Å². The topological polar surface area (TPSA) is 66.8 Å². The van der Waals surface area contributed by atoms with Gasteiger partial charge in [0.1, 0.15) is 5.75 Å². The number of carbonyl (C=O) groups is 2. The minimum absolute atomic E-state index is 0.0279. The van der Waals surface area contributed by atoms with Gasteiger partial charge in [-0.15, -0.1) is 0 Å². The van der Waals surface area contributed by atoms with Gasteiger partial charge in [0.25, 0.3) is 0 Å². The number of carboxylic acids is 1. The van der Waals surface area contributed by atoms with Crippen LogP contribution in [0, 0.1) is 5.41 Å². The predicted octanol–water partition coefficient (Wildman–Crippen LogP) is 2.54. The summed E-state index contributed by atoms with van der Waals surface area (Å²) in [5.74, 6) is -0.398. The van der Waals surface area contributed by atoms with Crippen molar-refractivity contribution >= 4 is 11.9 Å². The van der Waals surface area contributed by atoms with Crippen molar-refractivity contribution in [3.63, 3.8) is 0 Å². The Hall–Kier alpha value is -2.04. The fraction of sp³-hybridized carbons (Fsp3) is 0.500. The monoisotopic (exact) mass is 293 g/mol. The minimum Gasteiger partial charge on any atom is -0.482 e. The number of rotatable bonds is 6. The first-order valence-electron chi connectivity index (χ1n) is 6.85. The van der Waals surface area contributed by atoms with E-state index in [-0.39, 0.29) is 17.9 Å². The Kier molecular flexibility index (Phi) is 5.76. The number of aliphatic carboxylic acids is 1. The fourth-order valence-corrected chi connectivity index (χ4v) is 1.79. The average Bonchev–Trinajstić information content (AvgIpc) is 2.35. The van der Waals surface area contributed by atoms with Gasteiger partial charge >= 0.3 is 5.97 Å². The van der Waals surface area contributed by atoms with Crippen LogP contribution in [-0.2, 0) is 16.1 Å². The third-order valence-electron chi connectivity index (χ3n) is 2.81. The first-order valence-corrected chi connectivity index (χ1v) is 6.85. The molecule has 0 aliphatic carbocycles. The molecule has 0 saturated heterocycles. The van der Waals surface area contributed by atoms with Gasteiger partial charge < -0.3 is 14.7 Å². The summed E-state index contributed by atoms with van der Waals surface area (Å²) in [6.07, 6.45) is 0.503. The quantitative estimate of drug-likeness (QED) is 0.875. The number of hydrogen-bond donors (Lipinski definition) is 1. The van der Waals surface area contributed by atoms with E-state index in [0.29, 0.717) is 18.7 Å². The molecule has 0 aromatic heterocycles. The lowest BCUT2D eigenvalue weighted by Gasteiger charge is -2.23. The van der Waals surface area contributed by atoms with E-state index in [1.54, 1.807) is 24.1 Å². The molecule has 5 nitrogen and oxygen atoms in total. The van der Waals surface area contributed by atoms with E-state index in [2.05, 4.69) is 0 Å². The predicted molar refractivity (Wildman–Crippen MR) is 80.1 cm³/mol. The van der Waals surface area contributed by atoms with Gasteiger partial charge in [0, 0.05) is 20.0 Å². The Balaban J connectivity index is 2.55. The molecule has 1 aromatic carbocycles. The van der Waals surface area contributed by atoms with E-state index in [9.17, 15) is 9.59 Å². The zero-order valence-electron chi connectivity index (χ0n) is 13.0. The van der Waals surface area contributed by atoms with Gasteiger partial charge in [-0.05, 0) is 23.1 Å². The third-order valence-corrected chi connectivity index (χ3v) is 2.81. The summed E-state index contributed by atoms with van der Waals surface area (Å²) in [6.45, 7) is 6.27. The van der Waals surface area contributed by atoms with E-state index in [4.69, 9.17) is 9.84 Å². The van der Waals surface area contributed by atoms with Crippen molar-refractivity contribution in [2.24, 2.45) is 5.41 Å². The normalized spacial score (nSPS) is 11.0. The Morgan fingerprint density at radius 1 is 1.19 bits per heavy atom. The Morgan fingerprint density at radius 3 is 2.24 bits per heavy atom. The summed E-state index contributed by atoms with van der Waals surface area (Å²) in [5, 5.41) is 8.53. The Bertz CT molecular complexity index is 488. The first-order chi connectivity index (χ1) is 9.67. The minimum atomic E-state index is -1.01. The van der Waals surface area contributed by atoms with E-state index in [1.165, 1.54) is 0 Å². The van der Waals surface area contributed by atoms with Crippen LogP contribution in [0.5, 0.6) is 5.75 Å². The lowest BCUT2D eigenvalue weighted by Crippen LogP contribution is -2.29. The van der Waals surface area contributed by atoms with Crippen LogP contribution in [0.25, 0.3) is 0 Å². The van der Waals surface area contributed by atoms with E-state index < -0.39 is 5.97 Å². The summed E-state index contributed by atoms with van der Waals surface area (Å²) in [4.78, 5) is 24.1. The highest BCUT2D eigenvalue weighted by atomic mass is 16.5. The van der Waals surface area contributed by atoms with Gasteiger partial charge in [-0.2, -0.15) is 0 Å². The number of carboxylic acid groups (broad SMARTS) is 1. The second-order valence-electron chi connectivity index (χ2n) is 6.31. The molecule has 1 rings (SSSR count). The van der Waals surface area contributed by atoms with Crippen LogP contribution in [0.3, 0.4) is 0 Å². The maximum atomic E-state index is 12.0. The SMILES string of the molecule is CN(Cc1ccc(OCC(=O)O)cc1)C(=O)CC(C)(C)C. The van der Waals surface area contributed by atoms with E-state index in [0.717, 1.165) is 5.56 Å². The molecule has 116 valence electrons. The fourth-order valence-electron chi connectivity index (χ4n) is 1.79. The van der Waals surface area contributed by atoms with Gasteiger partial charge in [0.05, 0.1) is 0 Å². The molecular formula is C16H23NO4. The highest BCUT2D eigenvalue weighted by Crippen LogP contribution is 2.20. The van der Waals surface area contributed by atoms with Crippen LogP contribution in [0.2, 0.25) is 0 Å². The van der Waals surface area contributed by atoms with E-state index >= 15 is 0 Å². The van der Waals surface area contributed by atoms with Gasteiger partial charge in [-0.25, -0.2) is 4.79 Å². The summed E-state index contributed by atoms with van der Waals surface area (Å²) >= 11 is 0. The van der Waals surface area contributed by atoms with Crippen LogP contribution in [0.15, 0.2) is 24.3 Å². The van der Waals surface area contributed by atoms with Crippen molar-refractivity contribution < 1.29 is 19.4 Å². The van der Waals surface area contributed by atoms with Crippen LogP contribution >= 0.6 is 0 Å². The number of carbonyl (C=O) groups excluding carboxylic acids is 1. The van der Waals surface area contributed by atoms with Gasteiger partial charge in [0.15, 0.2) is 6.61 Å².